The van der Waals surface area contributed by atoms with E-state index in [0.29, 0.717) is 0 Å². The second kappa shape index (κ2) is 6.89. The average molecular weight is 269 g/mol. The molecule has 19 heavy (non-hydrogen) atoms. The van der Waals surface area contributed by atoms with Crippen molar-refractivity contribution in [3.8, 4) is 0 Å². The Hall–Kier alpha value is -1.10. The fourth-order valence-corrected chi connectivity index (χ4v) is 2.18. The van der Waals surface area contributed by atoms with E-state index >= 15 is 0 Å². The van der Waals surface area contributed by atoms with E-state index in [4.69, 9.17) is 0 Å². The van der Waals surface area contributed by atoms with Gasteiger partial charge in [-0.05, 0) is 19.4 Å². The standard InChI is InChI=1S/C14H27N3O2/c1-5-8-17(11-6-7-15-9-11)12(18)10-16-13(19)14(2,3)4/h11,15H,5-10H2,1-4H3,(H,16,19). The van der Waals surface area contributed by atoms with Gasteiger partial charge in [0.15, 0.2) is 0 Å². The molecule has 0 aromatic heterocycles. The smallest absolute Gasteiger partial charge is 0.242 e. The molecule has 1 atom stereocenters. The monoisotopic (exact) mass is 269 g/mol. The zero-order valence-electron chi connectivity index (χ0n) is 12.6. The quantitative estimate of drug-likeness (QED) is 0.774. The minimum atomic E-state index is -0.454. The normalized spacial score (nSPS) is 19.3. The van der Waals surface area contributed by atoms with E-state index in [1.54, 1.807) is 0 Å². The number of nitrogens with one attached hydrogen (secondary N) is 2. The van der Waals surface area contributed by atoms with Crippen LogP contribution >= 0.6 is 0 Å². The predicted octanol–water partition coefficient (Wildman–Crippen LogP) is 0.749. The molecule has 5 nitrogen and oxygen atoms in total. The van der Waals surface area contributed by atoms with E-state index in [2.05, 4.69) is 17.6 Å². The highest BCUT2D eigenvalue weighted by Crippen LogP contribution is 2.13. The predicted molar refractivity (Wildman–Crippen MR) is 75.7 cm³/mol. The van der Waals surface area contributed by atoms with Crippen LogP contribution in [-0.2, 0) is 9.59 Å². The summed E-state index contributed by atoms with van der Waals surface area (Å²) in [6.45, 7) is 10.3. The summed E-state index contributed by atoms with van der Waals surface area (Å²) < 4.78 is 0. The van der Waals surface area contributed by atoms with Gasteiger partial charge in [0.05, 0.1) is 6.54 Å². The van der Waals surface area contributed by atoms with Gasteiger partial charge in [-0.3, -0.25) is 9.59 Å². The van der Waals surface area contributed by atoms with Crippen LogP contribution < -0.4 is 10.6 Å². The fourth-order valence-electron chi connectivity index (χ4n) is 2.18. The lowest BCUT2D eigenvalue weighted by molar-refractivity contribution is -0.136. The van der Waals surface area contributed by atoms with Gasteiger partial charge in [0.2, 0.25) is 11.8 Å². The molecule has 0 aromatic carbocycles. The first-order chi connectivity index (χ1) is 8.86. The summed E-state index contributed by atoms with van der Waals surface area (Å²) in [5.41, 5.74) is -0.454. The van der Waals surface area contributed by atoms with E-state index in [1.807, 2.05) is 25.7 Å². The van der Waals surface area contributed by atoms with Crippen LogP contribution in [0.3, 0.4) is 0 Å². The Kier molecular flexibility index (Phi) is 5.79. The lowest BCUT2D eigenvalue weighted by Crippen LogP contribution is -2.48. The Morgan fingerprint density at radius 3 is 2.53 bits per heavy atom. The van der Waals surface area contributed by atoms with Gasteiger partial charge in [-0.1, -0.05) is 27.7 Å². The van der Waals surface area contributed by atoms with Gasteiger partial charge < -0.3 is 15.5 Å². The van der Waals surface area contributed by atoms with E-state index in [9.17, 15) is 9.59 Å². The maximum absolute atomic E-state index is 12.2. The van der Waals surface area contributed by atoms with Crippen molar-refractivity contribution in [2.75, 3.05) is 26.2 Å². The maximum atomic E-state index is 12.2. The number of hydrogen-bond acceptors (Lipinski definition) is 3. The minimum Gasteiger partial charge on any atom is -0.347 e. The van der Waals surface area contributed by atoms with Crippen LogP contribution in [0.25, 0.3) is 0 Å². The van der Waals surface area contributed by atoms with Crippen molar-refractivity contribution in [1.29, 1.82) is 0 Å². The highest BCUT2D eigenvalue weighted by molar-refractivity contribution is 5.87. The summed E-state index contributed by atoms with van der Waals surface area (Å²) in [4.78, 5) is 25.9. The molecule has 1 saturated heterocycles. The summed E-state index contributed by atoms with van der Waals surface area (Å²) in [6, 6.07) is 0.277. The molecule has 1 fully saturated rings. The minimum absolute atomic E-state index is 0.0214. The Morgan fingerprint density at radius 1 is 1.37 bits per heavy atom. The summed E-state index contributed by atoms with van der Waals surface area (Å²) >= 11 is 0. The summed E-state index contributed by atoms with van der Waals surface area (Å²) in [7, 11) is 0. The van der Waals surface area contributed by atoms with Crippen LogP contribution in [0.15, 0.2) is 0 Å². The van der Waals surface area contributed by atoms with Crippen LogP contribution in [0.1, 0.15) is 40.5 Å². The third kappa shape index (κ3) is 4.82. The molecule has 0 spiro atoms. The molecule has 110 valence electrons. The maximum Gasteiger partial charge on any atom is 0.242 e. The summed E-state index contributed by atoms with van der Waals surface area (Å²) in [5, 5.41) is 6.01. The number of hydrogen-bond donors (Lipinski definition) is 2. The van der Waals surface area contributed by atoms with Crippen LogP contribution in [-0.4, -0.2) is 48.9 Å². The van der Waals surface area contributed by atoms with Gasteiger partial charge in [0, 0.05) is 24.5 Å². The first kappa shape index (κ1) is 16.0. The highest BCUT2D eigenvalue weighted by Gasteiger charge is 2.27. The molecule has 0 radical (unpaired) electrons. The second-order valence-corrected chi connectivity index (χ2v) is 6.17. The summed E-state index contributed by atoms with van der Waals surface area (Å²) in [5.74, 6) is -0.0602. The molecule has 1 aliphatic heterocycles. The molecule has 5 heteroatoms. The van der Waals surface area contributed by atoms with Crippen molar-refractivity contribution < 1.29 is 9.59 Å². The molecule has 0 aliphatic carbocycles. The largest absolute Gasteiger partial charge is 0.347 e. The average Bonchev–Trinajstić information content (AvgIpc) is 2.84. The van der Waals surface area contributed by atoms with Crippen molar-refractivity contribution in [1.82, 2.24) is 15.5 Å². The molecule has 1 aliphatic rings. The van der Waals surface area contributed by atoms with Gasteiger partial charge >= 0.3 is 0 Å². The Bertz CT molecular complexity index is 317. The van der Waals surface area contributed by atoms with Crippen LogP contribution in [0.2, 0.25) is 0 Å². The molecule has 1 rings (SSSR count). The van der Waals surface area contributed by atoms with E-state index in [-0.39, 0.29) is 24.4 Å². The number of carbonyl (C=O) groups excluding carboxylic acids is 2. The molecule has 1 heterocycles. The third-order valence-electron chi connectivity index (χ3n) is 3.34. The van der Waals surface area contributed by atoms with Gasteiger partial charge in [0.1, 0.15) is 0 Å². The lowest BCUT2D eigenvalue weighted by atomic mass is 9.96. The number of rotatable bonds is 5. The molecule has 0 saturated carbocycles. The molecule has 2 amide bonds. The molecular formula is C14H27N3O2. The first-order valence-corrected chi connectivity index (χ1v) is 7.14. The van der Waals surface area contributed by atoms with Crippen molar-refractivity contribution in [2.45, 2.75) is 46.6 Å². The number of nitrogens with zero attached hydrogens (tertiary/aromatic N) is 1. The third-order valence-corrected chi connectivity index (χ3v) is 3.34. The van der Waals surface area contributed by atoms with Gasteiger partial charge in [-0.2, -0.15) is 0 Å². The molecule has 0 bridgehead atoms. The van der Waals surface area contributed by atoms with Gasteiger partial charge in [-0.15, -0.1) is 0 Å². The zero-order chi connectivity index (χ0) is 14.5. The Labute approximate surface area is 116 Å². The molecular weight excluding hydrogens is 242 g/mol. The van der Waals surface area contributed by atoms with Gasteiger partial charge in [-0.25, -0.2) is 0 Å². The van der Waals surface area contributed by atoms with Crippen LogP contribution in [0, 0.1) is 5.41 Å². The number of amides is 2. The van der Waals surface area contributed by atoms with E-state index in [0.717, 1.165) is 32.5 Å². The SMILES string of the molecule is CCCN(C(=O)CNC(=O)C(C)(C)C)C1CCNC1. The zero-order valence-corrected chi connectivity index (χ0v) is 12.6. The first-order valence-electron chi connectivity index (χ1n) is 7.14. The van der Waals surface area contributed by atoms with Crippen molar-refractivity contribution in [2.24, 2.45) is 5.41 Å². The second-order valence-electron chi connectivity index (χ2n) is 6.17. The highest BCUT2D eigenvalue weighted by atomic mass is 16.2. The van der Waals surface area contributed by atoms with Gasteiger partial charge in [0.25, 0.3) is 0 Å². The fraction of sp³-hybridized carbons (Fsp3) is 0.857. The molecule has 2 N–H and O–H groups in total. The van der Waals surface area contributed by atoms with E-state index in [1.165, 1.54) is 0 Å². The van der Waals surface area contributed by atoms with Crippen molar-refractivity contribution in [3.05, 3.63) is 0 Å². The van der Waals surface area contributed by atoms with Crippen molar-refractivity contribution >= 4 is 11.8 Å². The van der Waals surface area contributed by atoms with Crippen LogP contribution in [0.5, 0.6) is 0 Å². The van der Waals surface area contributed by atoms with E-state index < -0.39 is 5.41 Å². The van der Waals surface area contributed by atoms with Crippen LogP contribution in [0.4, 0.5) is 0 Å². The molecule has 0 aromatic rings. The topological polar surface area (TPSA) is 61.4 Å². The lowest BCUT2D eigenvalue weighted by Gasteiger charge is -2.29. The Morgan fingerprint density at radius 2 is 2.05 bits per heavy atom. The Balaban J connectivity index is 2.50. The van der Waals surface area contributed by atoms with Crippen molar-refractivity contribution in [3.63, 3.8) is 0 Å². The molecule has 1 unspecified atom stereocenters. The number of carbonyl (C=O) groups is 2. The summed E-state index contributed by atoms with van der Waals surface area (Å²) in [6.07, 6.45) is 1.94.